The summed E-state index contributed by atoms with van der Waals surface area (Å²) in [4.78, 5) is 12.5. The van der Waals surface area contributed by atoms with Crippen molar-refractivity contribution in [1.82, 2.24) is 0 Å². The molecule has 0 saturated heterocycles. The van der Waals surface area contributed by atoms with Crippen molar-refractivity contribution >= 4 is 35.5 Å². The second kappa shape index (κ2) is 9.22. The third-order valence-electron chi connectivity index (χ3n) is 4.76. The van der Waals surface area contributed by atoms with E-state index in [1.54, 1.807) is 21.3 Å². The minimum absolute atomic E-state index is 0.358. The van der Waals surface area contributed by atoms with Crippen LogP contribution in [0, 0.1) is 0 Å². The van der Waals surface area contributed by atoms with Crippen LogP contribution >= 0.6 is 0 Å². The molecule has 150 valence electrons. The number of carbonyl (C=O) groups is 1. The van der Waals surface area contributed by atoms with E-state index in [0.29, 0.717) is 17.2 Å². The normalized spacial score (nSPS) is 10.9. The summed E-state index contributed by atoms with van der Waals surface area (Å²) >= 11 is -4.46. The van der Waals surface area contributed by atoms with Crippen molar-refractivity contribution < 1.29 is 22.1 Å². The first-order chi connectivity index (χ1) is 14.1. The molecule has 0 amide bonds. The van der Waals surface area contributed by atoms with E-state index in [-0.39, 0.29) is 5.97 Å². The van der Waals surface area contributed by atoms with Crippen molar-refractivity contribution in [2.45, 2.75) is 6.92 Å². The van der Waals surface area contributed by atoms with Gasteiger partial charge in [-0.1, -0.05) is 0 Å². The van der Waals surface area contributed by atoms with E-state index in [1.165, 1.54) is 6.92 Å². The fourth-order valence-corrected chi connectivity index (χ4v) is 15.7. The third-order valence-corrected chi connectivity index (χ3v) is 16.5. The first kappa shape index (κ1) is 21.0. The molecule has 0 unspecified atom stereocenters. The average molecular weight is 499 g/mol. The maximum absolute atomic E-state index is 12.5. The summed E-state index contributed by atoms with van der Waals surface area (Å²) in [7, 11) is 4.86. The second-order valence-corrected chi connectivity index (χ2v) is 15.5. The van der Waals surface area contributed by atoms with Crippen LogP contribution in [0.15, 0.2) is 72.8 Å². The van der Waals surface area contributed by atoms with Gasteiger partial charge in [-0.2, -0.15) is 0 Å². The predicted octanol–water partition coefficient (Wildman–Crippen LogP) is 2.24. The average Bonchev–Trinajstić information content (AvgIpc) is 2.77. The van der Waals surface area contributed by atoms with Crippen LogP contribution in [0.2, 0.25) is 0 Å². The molecule has 0 fully saturated rings. The predicted molar refractivity (Wildman–Crippen MR) is 115 cm³/mol. The van der Waals surface area contributed by atoms with Crippen LogP contribution in [0.3, 0.4) is 0 Å². The first-order valence-corrected chi connectivity index (χ1v) is 14.6. The summed E-state index contributed by atoms with van der Waals surface area (Å²) < 4.78 is 26.1. The van der Waals surface area contributed by atoms with Gasteiger partial charge in [-0.3, -0.25) is 0 Å². The second-order valence-electron chi connectivity index (χ2n) is 6.38. The minimum atomic E-state index is -4.46. The van der Waals surface area contributed by atoms with E-state index in [9.17, 15) is 4.79 Å². The molecule has 5 nitrogen and oxygen atoms in total. The zero-order valence-electron chi connectivity index (χ0n) is 17.0. The number of hydrogen-bond acceptors (Lipinski definition) is 5. The summed E-state index contributed by atoms with van der Waals surface area (Å²) in [6.45, 7) is 1.44. The number of benzene rings is 3. The zero-order chi connectivity index (χ0) is 20.9. The zero-order valence-corrected chi connectivity index (χ0v) is 19.8. The quantitative estimate of drug-likeness (QED) is 0.468. The van der Waals surface area contributed by atoms with Crippen LogP contribution < -0.4 is 24.9 Å². The Bertz CT molecular complexity index is 886. The van der Waals surface area contributed by atoms with Crippen LogP contribution in [-0.4, -0.2) is 46.1 Å². The molecule has 29 heavy (non-hydrogen) atoms. The molecule has 0 radical (unpaired) electrons. The van der Waals surface area contributed by atoms with E-state index in [1.807, 2.05) is 72.8 Å². The molecule has 3 rings (SSSR count). The maximum atomic E-state index is 12.5. The van der Waals surface area contributed by atoms with E-state index in [0.717, 1.165) is 10.7 Å². The number of para-hydroxylation sites is 3. The Morgan fingerprint density at radius 3 is 1.21 bits per heavy atom. The van der Waals surface area contributed by atoms with Crippen molar-refractivity contribution in [3.63, 3.8) is 0 Å². The summed E-state index contributed by atoms with van der Waals surface area (Å²) in [6.07, 6.45) is 0. The molecular weight excluding hydrogens is 475 g/mol. The standard InChI is InChI=1S/3C7H7O.C2H4O2.Sn/c3*1-8-7-5-3-2-4-6-7;1-2(3)4;/h3*2-5H,1H3;1H3,(H,3,4);/q;;;;+1/p-1. The van der Waals surface area contributed by atoms with Gasteiger partial charge in [0.05, 0.1) is 0 Å². The number of carbonyl (C=O) groups excluding carboxylic acids is 1. The molecular formula is C23H24O5Sn. The van der Waals surface area contributed by atoms with Crippen LogP contribution in [0.1, 0.15) is 6.92 Å². The summed E-state index contributed by atoms with van der Waals surface area (Å²) in [5.74, 6) is 1.65. The number of rotatable bonds is 7. The molecule has 3 aromatic carbocycles. The molecule has 0 saturated carbocycles. The Morgan fingerprint density at radius 1 is 0.621 bits per heavy atom. The molecule has 0 aliphatic carbocycles. The molecule has 0 aliphatic heterocycles. The van der Waals surface area contributed by atoms with Crippen molar-refractivity contribution in [2.75, 3.05) is 21.3 Å². The fraction of sp³-hybridized carbons (Fsp3) is 0.174. The molecule has 0 spiro atoms. The molecule has 0 heterocycles. The first-order valence-electron chi connectivity index (χ1n) is 9.18. The van der Waals surface area contributed by atoms with Crippen LogP contribution in [0.25, 0.3) is 0 Å². The number of hydrogen-bond donors (Lipinski definition) is 0. The third kappa shape index (κ3) is 3.92. The molecule has 3 aromatic rings. The van der Waals surface area contributed by atoms with Crippen LogP contribution in [0.5, 0.6) is 17.2 Å². The van der Waals surface area contributed by atoms with Gasteiger partial charge in [0.1, 0.15) is 0 Å². The SMILES string of the molecule is COc1cccc[c]1[Sn]([O]C(C)=O)([c]1ccccc1OC)[c]1ccccc1OC. The molecule has 6 heteroatoms. The Balaban J connectivity index is 2.51. The van der Waals surface area contributed by atoms with Crippen LogP contribution in [-0.2, 0) is 7.87 Å². The summed E-state index contributed by atoms with van der Waals surface area (Å²) in [5, 5.41) is 0. The van der Waals surface area contributed by atoms with Gasteiger partial charge in [0.25, 0.3) is 0 Å². The fourth-order valence-electron chi connectivity index (χ4n) is 3.62. The van der Waals surface area contributed by atoms with Gasteiger partial charge in [0.15, 0.2) is 0 Å². The van der Waals surface area contributed by atoms with E-state index < -0.39 is 18.8 Å². The van der Waals surface area contributed by atoms with E-state index >= 15 is 0 Å². The van der Waals surface area contributed by atoms with E-state index in [2.05, 4.69) is 0 Å². The summed E-state index contributed by atoms with van der Waals surface area (Å²) in [5.41, 5.74) is 0. The van der Waals surface area contributed by atoms with Gasteiger partial charge in [0.2, 0.25) is 0 Å². The van der Waals surface area contributed by atoms with Crippen molar-refractivity contribution in [2.24, 2.45) is 0 Å². The van der Waals surface area contributed by atoms with Gasteiger partial charge < -0.3 is 0 Å². The molecule has 0 atom stereocenters. The van der Waals surface area contributed by atoms with Gasteiger partial charge in [0, 0.05) is 0 Å². The molecule has 0 aliphatic rings. The molecule has 0 aromatic heterocycles. The van der Waals surface area contributed by atoms with Gasteiger partial charge in [-0.05, 0) is 0 Å². The van der Waals surface area contributed by atoms with Gasteiger partial charge >= 0.3 is 176 Å². The number of ether oxygens (including phenoxy) is 3. The van der Waals surface area contributed by atoms with Gasteiger partial charge in [-0.15, -0.1) is 0 Å². The van der Waals surface area contributed by atoms with Gasteiger partial charge in [-0.25, -0.2) is 0 Å². The van der Waals surface area contributed by atoms with E-state index in [4.69, 9.17) is 17.3 Å². The summed E-state index contributed by atoms with van der Waals surface area (Å²) in [6, 6.07) is 23.0. The topological polar surface area (TPSA) is 54.0 Å². The van der Waals surface area contributed by atoms with Crippen LogP contribution in [0.4, 0.5) is 0 Å². The molecule has 0 N–H and O–H groups in total. The Labute approximate surface area is 175 Å². The number of methoxy groups -OCH3 is 3. The monoisotopic (exact) mass is 500 g/mol. The Morgan fingerprint density at radius 2 is 0.931 bits per heavy atom. The Hall–Kier alpha value is -2.67. The van der Waals surface area contributed by atoms with Crippen molar-refractivity contribution in [3.05, 3.63) is 72.8 Å². The van der Waals surface area contributed by atoms with Crippen molar-refractivity contribution in [1.29, 1.82) is 0 Å². The molecule has 0 bridgehead atoms. The van der Waals surface area contributed by atoms with Crippen molar-refractivity contribution in [3.8, 4) is 17.2 Å². The Kier molecular flexibility index (Phi) is 6.69.